The summed E-state index contributed by atoms with van der Waals surface area (Å²) in [6.45, 7) is 10.1. The molecule has 0 aliphatic heterocycles. The number of anilines is 1. The van der Waals surface area contributed by atoms with Gasteiger partial charge < -0.3 is 5.32 Å². The summed E-state index contributed by atoms with van der Waals surface area (Å²) in [6, 6.07) is 18.9. The molecule has 3 rings (SSSR count). The van der Waals surface area contributed by atoms with Crippen LogP contribution in [0.2, 0.25) is 0 Å². The molecule has 0 aliphatic rings. The highest BCUT2D eigenvalue weighted by Gasteiger charge is 2.21. The van der Waals surface area contributed by atoms with Crippen molar-refractivity contribution in [3.05, 3.63) is 99.6 Å². The van der Waals surface area contributed by atoms with E-state index in [0.717, 1.165) is 33.4 Å². The summed E-state index contributed by atoms with van der Waals surface area (Å²) >= 11 is 0. The second-order valence-electron chi connectivity index (χ2n) is 8.76. The molecule has 3 aromatic carbocycles. The van der Waals surface area contributed by atoms with Crippen LogP contribution in [0.4, 0.5) is 5.69 Å². The monoisotopic (exact) mass is 464 g/mol. The minimum atomic E-state index is -3.49. The Bertz CT molecular complexity index is 1240. The van der Waals surface area contributed by atoms with Gasteiger partial charge in [-0.3, -0.25) is 9.10 Å². The molecule has 0 bridgehead atoms. The summed E-state index contributed by atoms with van der Waals surface area (Å²) in [5.41, 5.74) is 7.22. The smallest absolute Gasteiger partial charge is 0.251 e. The van der Waals surface area contributed by atoms with E-state index >= 15 is 0 Å². The first-order valence-electron chi connectivity index (χ1n) is 11.0. The minimum Gasteiger partial charge on any atom is -0.346 e. The summed E-state index contributed by atoms with van der Waals surface area (Å²) in [7, 11) is -3.49. The molecule has 1 amide bonds. The fraction of sp³-hybridized carbons (Fsp3) is 0.296. The molecule has 1 N–H and O–H groups in total. The zero-order chi connectivity index (χ0) is 24.3. The Morgan fingerprint density at radius 3 is 2.09 bits per heavy atom. The highest BCUT2D eigenvalue weighted by molar-refractivity contribution is 7.92. The lowest BCUT2D eigenvalue weighted by atomic mass is 9.99. The van der Waals surface area contributed by atoms with Crippen molar-refractivity contribution in [1.82, 2.24) is 5.32 Å². The predicted molar refractivity (Wildman–Crippen MR) is 135 cm³/mol. The Balaban J connectivity index is 1.78. The summed E-state index contributed by atoms with van der Waals surface area (Å²) < 4.78 is 26.6. The van der Waals surface area contributed by atoms with Crippen LogP contribution in [0.15, 0.2) is 60.7 Å². The number of aryl methyl sites for hydroxylation is 4. The maximum absolute atomic E-state index is 12.8. The van der Waals surface area contributed by atoms with Crippen LogP contribution in [0.1, 0.15) is 56.7 Å². The van der Waals surface area contributed by atoms with E-state index in [1.54, 1.807) is 12.1 Å². The fourth-order valence-electron chi connectivity index (χ4n) is 4.07. The number of amides is 1. The van der Waals surface area contributed by atoms with Crippen LogP contribution in [0.5, 0.6) is 0 Å². The number of para-hydroxylation sites is 1. The van der Waals surface area contributed by atoms with E-state index in [9.17, 15) is 13.2 Å². The summed E-state index contributed by atoms with van der Waals surface area (Å²) in [6.07, 6.45) is 1.22. The van der Waals surface area contributed by atoms with E-state index in [4.69, 9.17) is 0 Å². The first-order valence-corrected chi connectivity index (χ1v) is 12.8. The van der Waals surface area contributed by atoms with Gasteiger partial charge in [0.1, 0.15) is 0 Å². The maximum Gasteiger partial charge on any atom is 0.251 e. The molecule has 0 spiro atoms. The van der Waals surface area contributed by atoms with E-state index in [-0.39, 0.29) is 18.5 Å². The molecule has 0 aliphatic carbocycles. The third kappa shape index (κ3) is 5.82. The van der Waals surface area contributed by atoms with E-state index in [2.05, 4.69) is 23.5 Å². The van der Waals surface area contributed by atoms with Gasteiger partial charge in [0.2, 0.25) is 10.0 Å². The Morgan fingerprint density at radius 2 is 1.52 bits per heavy atom. The van der Waals surface area contributed by atoms with Gasteiger partial charge in [-0.2, -0.15) is 0 Å². The zero-order valence-electron chi connectivity index (χ0n) is 20.1. The number of sulfonamides is 1. The highest BCUT2D eigenvalue weighted by atomic mass is 32.2. The quantitative estimate of drug-likeness (QED) is 0.511. The topological polar surface area (TPSA) is 66.5 Å². The number of nitrogens with zero attached hydrogens (tertiary/aromatic N) is 1. The van der Waals surface area contributed by atoms with Gasteiger partial charge in [-0.05, 0) is 74.6 Å². The van der Waals surface area contributed by atoms with Crippen molar-refractivity contribution in [2.24, 2.45) is 0 Å². The lowest BCUT2D eigenvalue weighted by Crippen LogP contribution is -2.30. The van der Waals surface area contributed by atoms with Gasteiger partial charge in [0.25, 0.3) is 5.91 Å². The summed E-state index contributed by atoms with van der Waals surface area (Å²) in [5.74, 6) is -0.162. The predicted octanol–water partition coefficient (Wildman–Crippen LogP) is 5.38. The molecule has 6 heteroatoms. The van der Waals surface area contributed by atoms with E-state index in [0.29, 0.717) is 11.3 Å². The Morgan fingerprint density at radius 1 is 0.909 bits per heavy atom. The molecular weight excluding hydrogens is 432 g/mol. The number of nitrogens with one attached hydrogen (secondary N) is 1. The van der Waals surface area contributed by atoms with Gasteiger partial charge in [0.05, 0.1) is 24.5 Å². The lowest BCUT2D eigenvalue weighted by molar-refractivity contribution is 0.0939. The van der Waals surface area contributed by atoms with E-state index < -0.39 is 10.0 Å². The largest absolute Gasteiger partial charge is 0.346 e. The lowest BCUT2D eigenvalue weighted by Gasteiger charge is -2.26. The molecule has 0 aromatic heterocycles. The van der Waals surface area contributed by atoms with Crippen LogP contribution < -0.4 is 9.62 Å². The molecular formula is C27H32N2O3S. The molecule has 0 radical (unpaired) electrons. The molecule has 0 saturated carbocycles. The molecule has 0 saturated heterocycles. The first kappa shape index (κ1) is 24.5. The second-order valence-corrected chi connectivity index (χ2v) is 10.7. The third-order valence-corrected chi connectivity index (χ3v) is 6.99. The minimum absolute atomic E-state index is 0.123. The maximum atomic E-state index is 12.8. The Hall–Kier alpha value is -3.12. The number of carbonyl (C=O) groups is 1. The van der Waals surface area contributed by atoms with Crippen LogP contribution in [0.3, 0.4) is 0 Å². The zero-order valence-corrected chi connectivity index (χ0v) is 21.0. The molecule has 0 unspecified atom stereocenters. The van der Waals surface area contributed by atoms with Crippen molar-refractivity contribution in [2.75, 3.05) is 10.6 Å². The summed E-state index contributed by atoms with van der Waals surface area (Å²) in [5, 5.41) is 3.06. The number of carbonyl (C=O) groups excluding carboxylic acids is 1. The molecule has 0 fully saturated rings. The van der Waals surface area contributed by atoms with Gasteiger partial charge >= 0.3 is 0 Å². The van der Waals surface area contributed by atoms with Crippen LogP contribution in [0, 0.1) is 27.7 Å². The number of benzene rings is 3. The molecule has 174 valence electrons. The molecule has 1 atom stereocenters. The molecule has 5 nitrogen and oxygen atoms in total. The van der Waals surface area contributed by atoms with Crippen molar-refractivity contribution >= 4 is 21.6 Å². The third-order valence-electron chi connectivity index (χ3n) is 5.88. The standard InChI is InChI=1S/C27H32N2O3S/c1-18-10-11-19(2)25(16-18)22(5)28-27(30)24-14-12-23(13-15-24)17-29(33(6,31)32)26-20(3)8-7-9-21(26)4/h7-16,22H,17H2,1-6H3,(H,28,30)/t22-/m0/s1. The fourth-order valence-corrected chi connectivity index (χ4v) is 5.08. The first-order chi connectivity index (χ1) is 15.5. The van der Waals surface area contributed by atoms with Gasteiger partial charge in [-0.1, -0.05) is 54.1 Å². The number of hydrogen-bond donors (Lipinski definition) is 1. The van der Waals surface area contributed by atoms with Crippen molar-refractivity contribution < 1.29 is 13.2 Å². The number of hydrogen-bond acceptors (Lipinski definition) is 3. The van der Waals surface area contributed by atoms with E-state index in [1.807, 2.05) is 65.0 Å². The van der Waals surface area contributed by atoms with Crippen LogP contribution in [-0.2, 0) is 16.6 Å². The molecule has 33 heavy (non-hydrogen) atoms. The SMILES string of the molecule is Cc1ccc(C)c([C@H](C)NC(=O)c2ccc(CN(c3c(C)cccc3C)S(C)(=O)=O)cc2)c1. The van der Waals surface area contributed by atoms with Gasteiger partial charge in [-0.25, -0.2) is 8.42 Å². The normalized spacial score (nSPS) is 12.3. The van der Waals surface area contributed by atoms with Crippen molar-refractivity contribution in [3.8, 4) is 0 Å². The average molecular weight is 465 g/mol. The highest BCUT2D eigenvalue weighted by Crippen LogP contribution is 2.28. The average Bonchev–Trinajstić information content (AvgIpc) is 2.74. The van der Waals surface area contributed by atoms with Crippen molar-refractivity contribution in [2.45, 2.75) is 47.2 Å². The van der Waals surface area contributed by atoms with Crippen molar-refractivity contribution in [1.29, 1.82) is 0 Å². The molecule has 3 aromatic rings. The van der Waals surface area contributed by atoms with Gasteiger partial charge in [0, 0.05) is 5.56 Å². The van der Waals surface area contributed by atoms with Gasteiger partial charge in [0.15, 0.2) is 0 Å². The van der Waals surface area contributed by atoms with Crippen LogP contribution in [0.25, 0.3) is 0 Å². The van der Waals surface area contributed by atoms with Gasteiger partial charge in [-0.15, -0.1) is 0 Å². The second kappa shape index (κ2) is 9.79. The number of rotatable bonds is 7. The van der Waals surface area contributed by atoms with Crippen LogP contribution >= 0.6 is 0 Å². The summed E-state index contributed by atoms with van der Waals surface area (Å²) in [4.78, 5) is 12.8. The Labute approximate surface area is 197 Å². The molecule has 0 heterocycles. The van der Waals surface area contributed by atoms with E-state index in [1.165, 1.54) is 10.6 Å². The Kier molecular flexibility index (Phi) is 7.28. The van der Waals surface area contributed by atoms with Crippen LogP contribution in [-0.4, -0.2) is 20.6 Å². The van der Waals surface area contributed by atoms with Crippen molar-refractivity contribution in [3.63, 3.8) is 0 Å².